The summed E-state index contributed by atoms with van der Waals surface area (Å²) in [5.74, 6) is 0. The molecule has 0 saturated carbocycles. The third-order valence-corrected chi connectivity index (χ3v) is 10.4. The summed E-state index contributed by atoms with van der Waals surface area (Å²) in [6.07, 6.45) is 0. The summed E-state index contributed by atoms with van der Waals surface area (Å²) >= 11 is 0. The summed E-state index contributed by atoms with van der Waals surface area (Å²) in [6, 6.07) is 68.6. The van der Waals surface area contributed by atoms with Crippen LogP contribution in [0.25, 0.3) is 55.3 Å². The molecule has 0 heterocycles. The van der Waals surface area contributed by atoms with Crippen LogP contribution in [0, 0.1) is 0 Å². The zero-order chi connectivity index (χ0) is 33.7. The minimum absolute atomic E-state index is 0.0749. The van der Waals surface area contributed by atoms with E-state index in [-0.39, 0.29) is 5.41 Å². The first-order chi connectivity index (χ1) is 24.5. The average Bonchev–Trinajstić information content (AvgIpc) is 3.42. The molecule has 0 atom stereocenters. The topological polar surface area (TPSA) is 3.24 Å². The fourth-order valence-electron chi connectivity index (χ4n) is 7.97. The molecule has 0 unspecified atom stereocenters. The van der Waals surface area contributed by atoms with E-state index in [2.05, 4.69) is 207 Å². The molecule has 0 spiro atoms. The molecule has 1 heteroatoms. The van der Waals surface area contributed by atoms with Crippen LogP contribution in [-0.4, -0.2) is 0 Å². The summed E-state index contributed by atoms with van der Waals surface area (Å²) < 4.78 is 0. The molecule has 0 aliphatic heterocycles. The molecule has 0 radical (unpaired) electrons. The van der Waals surface area contributed by atoms with E-state index in [1.54, 1.807) is 0 Å². The Hall–Kier alpha value is -6.18. The SMILES string of the molecule is CC1(C)c2ccccc2-c2ccc3cc(N(c4ccc(-c5ccccc5)cc4)c4cc(-c5ccccc5)cc(-c5ccccc5)c4)ccc3c21. The van der Waals surface area contributed by atoms with E-state index < -0.39 is 0 Å². The molecule has 8 aromatic rings. The molecule has 8 aromatic carbocycles. The van der Waals surface area contributed by atoms with Gasteiger partial charge >= 0.3 is 0 Å². The maximum atomic E-state index is 2.42. The Morgan fingerprint density at radius 3 is 1.50 bits per heavy atom. The Morgan fingerprint density at radius 1 is 0.360 bits per heavy atom. The van der Waals surface area contributed by atoms with E-state index in [1.807, 2.05) is 0 Å². The highest BCUT2D eigenvalue weighted by Gasteiger charge is 2.36. The second-order valence-electron chi connectivity index (χ2n) is 13.8. The third-order valence-electron chi connectivity index (χ3n) is 10.4. The molecule has 0 fully saturated rings. The molecule has 0 N–H and O–H groups in total. The number of hydrogen-bond acceptors (Lipinski definition) is 1. The van der Waals surface area contributed by atoms with Gasteiger partial charge in [0, 0.05) is 22.5 Å². The minimum Gasteiger partial charge on any atom is -0.310 e. The summed E-state index contributed by atoms with van der Waals surface area (Å²) in [5, 5.41) is 2.56. The summed E-state index contributed by atoms with van der Waals surface area (Å²) in [6.45, 7) is 4.73. The molecule has 1 nitrogen and oxygen atoms in total. The predicted octanol–water partition coefficient (Wildman–Crippen LogP) is 13.6. The zero-order valence-electron chi connectivity index (χ0n) is 28.3. The monoisotopic (exact) mass is 639 g/mol. The quantitative estimate of drug-likeness (QED) is 0.175. The standard InChI is InChI=1S/C49H37N/c1-49(2)47-21-13-12-20-45(47)46-28-24-38-31-42(27-29-44(38)48(46)49)50(41-25-22-37(23-26-41)34-14-6-3-7-15-34)43-32-39(35-16-8-4-9-17-35)30-40(33-43)36-18-10-5-11-19-36/h3-33H,1-2H3. The van der Waals surface area contributed by atoms with Crippen molar-refractivity contribution in [3.8, 4) is 44.5 Å². The van der Waals surface area contributed by atoms with Crippen molar-refractivity contribution in [2.75, 3.05) is 4.90 Å². The molecule has 0 saturated heterocycles. The maximum Gasteiger partial charge on any atom is 0.0473 e. The average molecular weight is 640 g/mol. The van der Waals surface area contributed by atoms with Crippen LogP contribution in [0.15, 0.2) is 188 Å². The van der Waals surface area contributed by atoms with Crippen molar-refractivity contribution >= 4 is 27.8 Å². The number of benzene rings is 8. The van der Waals surface area contributed by atoms with Crippen molar-refractivity contribution in [3.63, 3.8) is 0 Å². The molecule has 9 rings (SSSR count). The van der Waals surface area contributed by atoms with Gasteiger partial charge in [-0.3, -0.25) is 0 Å². The van der Waals surface area contributed by atoms with Crippen molar-refractivity contribution in [2.45, 2.75) is 19.3 Å². The first-order valence-corrected chi connectivity index (χ1v) is 17.4. The van der Waals surface area contributed by atoms with Gasteiger partial charge in [0.2, 0.25) is 0 Å². The number of rotatable bonds is 6. The fraction of sp³-hybridized carbons (Fsp3) is 0.0612. The first kappa shape index (κ1) is 29.9. The van der Waals surface area contributed by atoms with Gasteiger partial charge in [0.1, 0.15) is 0 Å². The van der Waals surface area contributed by atoms with Crippen LogP contribution in [0.2, 0.25) is 0 Å². The van der Waals surface area contributed by atoms with Crippen molar-refractivity contribution in [2.24, 2.45) is 0 Å². The third kappa shape index (κ3) is 5.11. The number of hydrogen-bond donors (Lipinski definition) is 0. The van der Waals surface area contributed by atoms with Crippen molar-refractivity contribution < 1.29 is 0 Å². The Morgan fingerprint density at radius 2 is 0.880 bits per heavy atom. The molecular weight excluding hydrogens is 603 g/mol. The van der Waals surface area contributed by atoms with Crippen LogP contribution in [0.1, 0.15) is 25.0 Å². The molecule has 1 aliphatic rings. The van der Waals surface area contributed by atoms with E-state index in [4.69, 9.17) is 0 Å². The van der Waals surface area contributed by atoms with Gasteiger partial charge in [-0.1, -0.05) is 159 Å². The second-order valence-corrected chi connectivity index (χ2v) is 13.8. The summed E-state index contributed by atoms with van der Waals surface area (Å²) in [5.41, 5.74) is 16.0. The lowest BCUT2D eigenvalue weighted by Gasteiger charge is -2.28. The van der Waals surface area contributed by atoms with Gasteiger partial charge in [0.25, 0.3) is 0 Å². The van der Waals surface area contributed by atoms with E-state index in [0.717, 1.165) is 17.1 Å². The predicted molar refractivity (Wildman–Crippen MR) is 213 cm³/mol. The second kappa shape index (κ2) is 12.1. The summed E-state index contributed by atoms with van der Waals surface area (Å²) in [7, 11) is 0. The molecule has 50 heavy (non-hydrogen) atoms. The van der Waals surface area contributed by atoms with E-state index >= 15 is 0 Å². The van der Waals surface area contributed by atoms with Crippen LogP contribution >= 0.6 is 0 Å². The van der Waals surface area contributed by atoms with E-state index in [1.165, 1.54) is 66.4 Å². The van der Waals surface area contributed by atoms with Crippen LogP contribution in [0.4, 0.5) is 17.1 Å². The summed E-state index contributed by atoms with van der Waals surface area (Å²) in [4.78, 5) is 2.42. The van der Waals surface area contributed by atoms with Crippen LogP contribution in [0.3, 0.4) is 0 Å². The lowest BCUT2D eigenvalue weighted by atomic mass is 9.80. The number of fused-ring (bicyclic) bond motifs is 5. The van der Waals surface area contributed by atoms with E-state index in [0.29, 0.717) is 0 Å². The highest BCUT2D eigenvalue weighted by atomic mass is 15.1. The molecule has 0 amide bonds. The maximum absolute atomic E-state index is 2.42. The Kier molecular flexibility index (Phi) is 7.21. The largest absolute Gasteiger partial charge is 0.310 e. The Bertz CT molecular complexity index is 2420. The van der Waals surface area contributed by atoms with Crippen LogP contribution in [-0.2, 0) is 5.41 Å². The van der Waals surface area contributed by atoms with Crippen LogP contribution < -0.4 is 4.90 Å². The fourth-order valence-corrected chi connectivity index (χ4v) is 7.97. The van der Waals surface area contributed by atoms with Gasteiger partial charge in [-0.25, -0.2) is 0 Å². The molecule has 1 aliphatic carbocycles. The van der Waals surface area contributed by atoms with Crippen molar-refractivity contribution in [3.05, 3.63) is 199 Å². The minimum atomic E-state index is -0.0749. The lowest BCUT2D eigenvalue weighted by Crippen LogP contribution is -2.15. The van der Waals surface area contributed by atoms with Gasteiger partial charge in [0.05, 0.1) is 0 Å². The highest BCUT2D eigenvalue weighted by Crippen LogP contribution is 2.52. The lowest BCUT2D eigenvalue weighted by molar-refractivity contribution is 0.666. The van der Waals surface area contributed by atoms with Gasteiger partial charge in [-0.05, 0) is 109 Å². The first-order valence-electron chi connectivity index (χ1n) is 17.4. The normalized spacial score (nSPS) is 12.8. The van der Waals surface area contributed by atoms with Crippen LogP contribution in [0.5, 0.6) is 0 Å². The molecule has 0 bridgehead atoms. The Labute approximate surface area is 294 Å². The number of nitrogens with zero attached hydrogens (tertiary/aromatic N) is 1. The smallest absolute Gasteiger partial charge is 0.0473 e. The van der Waals surface area contributed by atoms with Gasteiger partial charge in [-0.15, -0.1) is 0 Å². The molecule has 238 valence electrons. The Balaban J connectivity index is 1.25. The van der Waals surface area contributed by atoms with Crippen molar-refractivity contribution in [1.82, 2.24) is 0 Å². The molecule has 0 aromatic heterocycles. The zero-order valence-corrected chi connectivity index (χ0v) is 28.3. The van der Waals surface area contributed by atoms with Gasteiger partial charge in [0.15, 0.2) is 0 Å². The van der Waals surface area contributed by atoms with Crippen molar-refractivity contribution in [1.29, 1.82) is 0 Å². The van der Waals surface area contributed by atoms with Gasteiger partial charge < -0.3 is 4.90 Å². The highest BCUT2D eigenvalue weighted by molar-refractivity contribution is 6.00. The molecular formula is C49H37N. The van der Waals surface area contributed by atoms with E-state index in [9.17, 15) is 0 Å². The van der Waals surface area contributed by atoms with Gasteiger partial charge in [-0.2, -0.15) is 0 Å². The number of anilines is 3.